The van der Waals surface area contributed by atoms with Crippen LogP contribution in [0.4, 0.5) is 0 Å². The van der Waals surface area contributed by atoms with Crippen molar-refractivity contribution in [3.8, 4) is 0 Å². The van der Waals surface area contributed by atoms with Gasteiger partial charge in [0.05, 0.1) is 0 Å². The van der Waals surface area contributed by atoms with Crippen LogP contribution in [0.15, 0.2) is 24.3 Å². The number of hydrogen-bond donors (Lipinski definition) is 1. The van der Waals surface area contributed by atoms with Crippen molar-refractivity contribution >= 4 is 0 Å². The second kappa shape index (κ2) is 4.21. The molecule has 0 aliphatic heterocycles. The molecule has 1 aromatic rings. The summed E-state index contributed by atoms with van der Waals surface area (Å²) in [6.07, 6.45) is 6.77. The van der Waals surface area contributed by atoms with Gasteiger partial charge >= 0.3 is 0 Å². The zero-order chi connectivity index (χ0) is 11.0. The van der Waals surface area contributed by atoms with Gasteiger partial charge in [0.2, 0.25) is 0 Å². The maximum absolute atomic E-state index is 3.80. The van der Waals surface area contributed by atoms with Crippen molar-refractivity contribution in [1.82, 2.24) is 5.32 Å². The molecule has 16 heavy (non-hydrogen) atoms. The van der Waals surface area contributed by atoms with Gasteiger partial charge in [0.15, 0.2) is 0 Å². The number of hydrogen-bond acceptors (Lipinski definition) is 1. The van der Waals surface area contributed by atoms with Crippen LogP contribution in [-0.2, 0) is 12.8 Å². The summed E-state index contributed by atoms with van der Waals surface area (Å²) in [5.41, 5.74) is 3.11. The predicted octanol–water partition coefficient (Wildman–Crippen LogP) is 2.93. The van der Waals surface area contributed by atoms with Crippen LogP contribution in [0.5, 0.6) is 0 Å². The summed E-state index contributed by atoms with van der Waals surface area (Å²) in [6, 6.07) is 10.3. The van der Waals surface area contributed by atoms with Gasteiger partial charge in [-0.15, -0.1) is 0 Å². The SMILES string of the molecule is CC(CC1CC1)NC1Cc2ccccc2C1. The van der Waals surface area contributed by atoms with Crippen LogP contribution in [0.3, 0.4) is 0 Å². The fourth-order valence-corrected chi connectivity index (χ4v) is 3.00. The second-order valence-corrected chi connectivity index (χ2v) is 5.62. The molecule has 1 unspecified atom stereocenters. The van der Waals surface area contributed by atoms with Crippen molar-refractivity contribution in [2.75, 3.05) is 0 Å². The molecule has 0 spiro atoms. The second-order valence-electron chi connectivity index (χ2n) is 5.62. The van der Waals surface area contributed by atoms with Crippen molar-refractivity contribution in [1.29, 1.82) is 0 Å². The number of fused-ring (bicyclic) bond motifs is 1. The quantitative estimate of drug-likeness (QED) is 0.814. The molecule has 0 radical (unpaired) electrons. The van der Waals surface area contributed by atoms with Crippen LogP contribution in [0.25, 0.3) is 0 Å². The fourth-order valence-electron chi connectivity index (χ4n) is 3.00. The highest BCUT2D eigenvalue weighted by Gasteiger charge is 2.26. The lowest BCUT2D eigenvalue weighted by molar-refractivity contribution is 0.421. The van der Waals surface area contributed by atoms with E-state index >= 15 is 0 Å². The maximum Gasteiger partial charge on any atom is 0.0150 e. The topological polar surface area (TPSA) is 12.0 Å². The van der Waals surface area contributed by atoms with E-state index in [0.29, 0.717) is 12.1 Å². The van der Waals surface area contributed by atoms with Crippen molar-refractivity contribution in [3.63, 3.8) is 0 Å². The van der Waals surface area contributed by atoms with Gasteiger partial charge in [-0.25, -0.2) is 0 Å². The predicted molar refractivity (Wildman–Crippen MR) is 67.6 cm³/mol. The van der Waals surface area contributed by atoms with E-state index in [1.807, 2.05) is 0 Å². The first-order chi connectivity index (χ1) is 7.81. The van der Waals surface area contributed by atoms with Gasteiger partial charge in [-0.05, 0) is 43.2 Å². The van der Waals surface area contributed by atoms with Crippen molar-refractivity contribution in [3.05, 3.63) is 35.4 Å². The first kappa shape index (κ1) is 10.3. The number of nitrogens with one attached hydrogen (secondary N) is 1. The van der Waals surface area contributed by atoms with Gasteiger partial charge in [-0.3, -0.25) is 0 Å². The minimum Gasteiger partial charge on any atom is -0.311 e. The molecule has 3 rings (SSSR count). The van der Waals surface area contributed by atoms with Crippen LogP contribution in [0.2, 0.25) is 0 Å². The molecule has 1 heteroatoms. The molecule has 0 amide bonds. The maximum atomic E-state index is 3.80. The Kier molecular flexibility index (Phi) is 2.72. The molecular formula is C15H21N. The third-order valence-corrected chi connectivity index (χ3v) is 3.96. The minimum absolute atomic E-state index is 0.686. The van der Waals surface area contributed by atoms with E-state index in [1.54, 1.807) is 11.1 Å². The third kappa shape index (κ3) is 2.30. The molecule has 1 atom stereocenters. The van der Waals surface area contributed by atoms with Crippen LogP contribution in [0.1, 0.15) is 37.3 Å². The lowest BCUT2D eigenvalue weighted by atomic mass is 10.1. The van der Waals surface area contributed by atoms with Gasteiger partial charge in [0, 0.05) is 12.1 Å². The van der Waals surface area contributed by atoms with Crippen LogP contribution >= 0.6 is 0 Å². The average molecular weight is 215 g/mol. The largest absolute Gasteiger partial charge is 0.311 e. The molecule has 2 aliphatic carbocycles. The summed E-state index contributed by atoms with van der Waals surface area (Å²) in [5, 5.41) is 3.80. The molecule has 0 heterocycles. The molecule has 1 saturated carbocycles. The molecule has 1 N–H and O–H groups in total. The third-order valence-electron chi connectivity index (χ3n) is 3.96. The summed E-state index contributed by atoms with van der Waals surface area (Å²) in [4.78, 5) is 0. The average Bonchev–Trinajstić information content (AvgIpc) is 2.97. The molecule has 2 aliphatic rings. The number of rotatable bonds is 4. The van der Waals surface area contributed by atoms with E-state index in [-0.39, 0.29) is 0 Å². The van der Waals surface area contributed by atoms with E-state index in [1.165, 1.54) is 32.1 Å². The molecule has 1 nitrogen and oxygen atoms in total. The Hall–Kier alpha value is -0.820. The van der Waals surface area contributed by atoms with E-state index in [4.69, 9.17) is 0 Å². The van der Waals surface area contributed by atoms with E-state index in [0.717, 1.165) is 5.92 Å². The smallest absolute Gasteiger partial charge is 0.0150 e. The highest BCUT2D eigenvalue weighted by Crippen LogP contribution is 2.33. The zero-order valence-electron chi connectivity index (χ0n) is 10.1. The highest BCUT2D eigenvalue weighted by molar-refractivity contribution is 5.33. The molecule has 1 aromatic carbocycles. The van der Waals surface area contributed by atoms with Crippen molar-refractivity contribution in [2.45, 2.75) is 51.1 Å². The van der Waals surface area contributed by atoms with Gasteiger partial charge in [0.25, 0.3) is 0 Å². The Balaban J connectivity index is 1.54. The van der Waals surface area contributed by atoms with Gasteiger partial charge in [-0.2, -0.15) is 0 Å². The Morgan fingerprint density at radius 3 is 2.38 bits per heavy atom. The fraction of sp³-hybridized carbons (Fsp3) is 0.600. The summed E-state index contributed by atoms with van der Waals surface area (Å²) in [5.74, 6) is 1.03. The first-order valence-corrected chi connectivity index (χ1v) is 6.64. The van der Waals surface area contributed by atoms with E-state index in [9.17, 15) is 0 Å². The molecule has 1 fully saturated rings. The van der Waals surface area contributed by atoms with Crippen LogP contribution in [0, 0.1) is 5.92 Å². The number of benzene rings is 1. The lowest BCUT2D eigenvalue weighted by Gasteiger charge is -2.18. The van der Waals surface area contributed by atoms with Gasteiger partial charge in [0.1, 0.15) is 0 Å². The van der Waals surface area contributed by atoms with E-state index < -0.39 is 0 Å². The molecule has 0 aromatic heterocycles. The standard InChI is InChI=1S/C15H21N/c1-11(8-12-6-7-12)16-15-9-13-4-2-3-5-14(13)10-15/h2-5,11-12,15-16H,6-10H2,1H3. The Morgan fingerprint density at radius 2 is 1.81 bits per heavy atom. The highest BCUT2D eigenvalue weighted by atomic mass is 14.9. The molecule has 0 saturated heterocycles. The van der Waals surface area contributed by atoms with Crippen LogP contribution in [-0.4, -0.2) is 12.1 Å². The summed E-state index contributed by atoms with van der Waals surface area (Å²) in [7, 11) is 0. The van der Waals surface area contributed by atoms with Crippen LogP contribution < -0.4 is 5.32 Å². The summed E-state index contributed by atoms with van der Waals surface area (Å²) < 4.78 is 0. The lowest BCUT2D eigenvalue weighted by Crippen LogP contribution is -2.37. The van der Waals surface area contributed by atoms with Crippen molar-refractivity contribution in [2.24, 2.45) is 5.92 Å². The normalized spacial score (nSPS) is 22.1. The van der Waals surface area contributed by atoms with Crippen molar-refractivity contribution < 1.29 is 0 Å². The Labute approximate surface area is 98.3 Å². The van der Waals surface area contributed by atoms with Gasteiger partial charge in [-0.1, -0.05) is 37.1 Å². The Bertz CT molecular complexity index is 342. The zero-order valence-corrected chi connectivity index (χ0v) is 10.1. The molecule has 86 valence electrons. The van der Waals surface area contributed by atoms with Gasteiger partial charge < -0.3 is 5.32 Å². The first-order valence-electron chi connectivity index (χ1n) is 6.64. The summed E-state index contributed by atoms with van der Waals surface area (Å²) in [6.45, 7) is 2.35. The summed E-state index contributed by atoms with van der Waals surface area (Å²) >= 11 is 0. The molecular weight excluding hydrogens is 194 g/mol. The monoisotopic (exact) mass is 215 g/mol. The molecule has 0 bridgehead atoms. The Morgan fingerprint density at radius 1 is 1.19 bits per heavy atom. The van der Waals surface area contributed by atoms with E-state index in [2.05, 4.69) is 36.5 Å². The minimum atomic E-state index is 0.686.